The molecule has 92 valence electrons. The maximum absolute atomic E-state index is 12.1. The van der Waals surface area contributed by atoms with Crippen LogP contribution >= 0.6 is 0 Å². The molecule has 17 heavy (non-hydrogen) atoms. The van der Waals surface area contributed by atoms with Crippen molar-refractivity contribution in [2.75, 3.05) is 0 Å². The Morgan fingerprint density at radius 1 is 1.29 bits per heavy atom. The predicted molar refractivity (Wildman–Crippen MR) is 67.7 cm³/mol. The number of fused-ring (bicyclic) bond motifs is 1. The van der Waals surface area contributed by atoms with Gasteiger partial charge in [0.15, 0.2) is 5.78 Å². The number of allylic oxidation sites excluding steroid dienone is 3. The molecule has 0 spiro atoms. The lowest BCUT2D eigenvalue weighted by Gasteiger charge is -2.39. The highest BCUT2D eigenvalue weighted by Gasteiger charge is 2.44. The first-order valence-electron chi connectivity index (χ1n) is 6.49. The molecule has 0 aromatic heterocycles. The van der Waals surface area contributed by atoms with E-state index >= 15 is 0 Å². The molecule has 2 rings (SSSR count). The van der Waals surface area contributed by atoms with Crippen LogP contribution in [-0.2, 0) is 9.59 Å². The van der Waals surface area contributed by atoms with Crippen LogP contribution in [0.4, 0.5) is 0 Å². The van der Waals surface area contributed by atoms with Gasteiger partial charge in [-0.25, -0.2) is 0 Å². The minimum Gasteiger partial charge on any atom is -0.299 e. The van der Waals surface area contributed by atoms with Crippen molar-refractivity contribution in [3.05, 3.63) is 23.8 Å². The van der Waals surface area contributed by atoms with Crippen LogP contribution in [0.3, 0.4) is 0 Å². The molecule has 1 fully saturated rings. The molecule has 1 atom stereocenters. The zero-order valence-electron chi connectivity index (χ0n) is 10.6. The van der Waals surface area contributed by atoms with E-state index in [-0.39, 0.29) is 11.2 Å². The van der Waals surface area contributed by atoms with Crippen molar-refractivity contribution in [2.24, 2.45) is 5.41 Å². The molecule has 1 saturated carbocycles. The van der Waals surface area contributed by atoms with Gasteiger partial charge in [0.2, 0.25) is 0 Å². The van der Waals surface area contributed by atoms with E-state index in [0.29, 0.717) is 18.6 Å². The van der Waals surface area contributed by atoms with Gasteiger partial charge in [0, 0.05) is 18.3 Å². The van der Waals surface area contributed by atoms with Crippen molar-refractivity contribution in [3.63, 3.8) is 0 Å². The van der Waals surface area contributed by atoms with Crippen molar-refractivity contribution in [1.29, 1.82) is 0 Å². The molecule has 0 aliphatic heterocycles. The molecule has 0 amide bonds. The second-order valence-electron chi connectivity index (χ2n) is 5.32. The maximum atomic E-state index is 12.1. The van der Waals surface area contributed by atoms with Crippen molar-refractivity contribution in [3.8, 4) is 0 Å². The van der Waals surface area contributed by atoms with Gasteiger partial charge in [-0.3, -0.25) is 9.59 Å². The Bertz CT molecular complexity index is 403. The number of Topliss-reactive ketones (excluding diaryl/α,β-unsaturated/α-hetero) is 2. The summed E-state index contributed by atoms with van der Waals surface area (Å²) in [5, 5.41) is 0. The van der Waals surface area contributed by atoms with Crippen LogP contribution in [-0.4, -0.2) is 11.6 Å². The van der Waals surface area contributed by atoms with Gasteiger partial charge in [-0.1, -0.05) is 11.6 Å². The summed E-state index contributed by atoms with van der Waals surface area (Å²) >= 11 is 0. The molecule has 0 bridgehead atoms. The predicted octanol–water partition coefficient (Wildman–Crippen LogP) is 3.37. The van der Waals surface area contributed by atoms with Crippen molar-refractivity contribution < 1.29 is 9.59 Å². The first-order valence-corrected chi connectivity index (χ1v) is 6.49. The van der Waals surface area contributed by atoms with Gasteiger partial charge in [0.25, 0.3) is 0 Å². The third kappa shape index (κ3) is 2.01. The number of rotatable bonds is 3. The summed E-state index contributed by atoms with van der Waals surface area (Å²) in [6.45, 7) is 5.74. The molecular formula is C15H20O2. The molecule has 0 aromatic carbocycles. The van der Waals surface area contributed by atoms with E-state index in [2.05, 4.69) is 6.58 Å². The second kappa shape index (κ2) is 4.59. The van der Waals surface area contributed by atoms with Gasteiger partial charge in [0.1, 0.15) is 5.78 Å². The second-order valence-corrected chi connectivity index (χ2v) is 5.32. The minimum atomic E-state index is -0.331. The molecule has 2 heteroatoms. The number of hydrogen-bond acceptors (Lipinski definition) is 2. The Labute approximate surface area is 103 Å². The summed E-state index contributed by atoms with van der Waals surface area (Å²) < 4.78 is 0. The van der Waals surface area contributed by atoms with E-state index < -0.39 is 0 Å². The lowest BCUT2D eigenvalue weighted by molar-refractivity contribution is -0.129. The third-order valence-corrected chi connectivity index (χ3v) is 4.26. The van der Waals surface area contributed by atoms with Crippen LogP contribution in [0.25, 0.3) is 0 Å². The number of carbonyl (C=O) groups is 2. The van der Waals surface area contributed by atoms with E-state index in [4.69, 9.17) is 0 Å². The molecule has 0 aromatic rings. The van der Waals surface area contributed by atoms with Gasteiger partial charge in [-0.2, -0.15) is 0 Å². The summed E-state index contributed by atoms with van der Waals surface area (Å²) in [6, 6.07) is 0. The molecule has 2 nitrogen and oxygen atoms in total. The summed E-state index contributed by atoms with van der Waals surface area (Å²) in [5.74, 6) is 0.594. The highest BCUT2D eigenvalue weighted by atomic mass is 16.1. The fourth-order valence-corrected chi connectivity index (χ4v) is 3.14. The van der Waals surface area contributed by atoms with Crippen molar-refractivity contribution in [1.82, 2.24) is 0 Å². The SMILES string of the molecule is C=CCCC1=C2CCCC(=O)[C@@]2(C)CCC1=O. The molecule has 0 unspecified atom stereocenters. The van der Waals surface area contributed by atoms with Gasteiger partial charge >= 0.3 is 0 Å². The quantitative estimate of drug-likeness (QED) is 0.699. The number of hydrogen-bond donors (Lipinski definition) is 0. The lowest BCUT2D eigenvalue weighted by atomic mass is 9.62. The minimum absolute atomic E-state index is 0.258. The first kappa shape index (κ1) is 12.3. The van der Waals surface area contributed by atoms with Crippen molar-refractivity contribution >= 4 is 11.6 Å². The zero-order valence-corrected chi connectivity index (χ0v) is 10.6. The Balaban J connectivity index is 2.40. The standard InChI is InChI=1S/C15H20O2/c1-3-4-6-11-12-7-5-8-14(17)15(12,2)10-9-13(11)16/h3H,1,4-10H2,2H3/t15-/m0/s1. The fraction of sp³-hybridized carbons (Fsp3) is 0.600. The maximum Gasteiger partial charge on any atom is 0.158 e. The van der Waals surface area contributed by atoms with Crippen molar-refractivity contribution in [2.45, 2.75) is 51.9 Å². The summed E-state index contributed by atoms with van der Waals surface area (Å²) in [4.78, 5) is 24.1. The van der Waals surface area contributed by atoms with Gasteiger partial charge in [-0.15, -0.1) is 6.58 Å². The number of carbonyl (C=O) groups excluding carboxylic acids is 2. The molecule has 0 radical (unpaired) electrons. The Morgan fingerprint density at radius 2 is 2.06 bits per heavy atom. The molecule has 2 aliphatic rings. The smallest absolute Gasteiger partial charge is 0.158 e. The Morgan fingerprint density at radius 3 is 2.76 bits per heavy atom. The van der Waals surface area contributed by atoms with E-state index in [1.807, 2.05) is 13.0 Å². The highest BCUT2D eigenvalue weighted by molar-refractivity contribution is 6.01. The normalized spacial score (nSPS) is 29.2. The lowest BCUT2D eigenvalue weighted by Crippen LogP contribution is -2.38. The van der Waals surface area contributed by atoms with E-state index in [0.717, 1.165) is 43.3 Å². The monoisotopic (exact) mass is 232 g/mol. The molecular weight excluding hydrogens is 212 g/mol. The van der Waals surface area contributed by atoms with Crippen LogP contribution in [0.5, 0.6) is 0 Å². The van der Waals surface area contributed by atoms with Crippen LogP contribution < -0.4 is 0 Å². The topological polar surface area (TPSA) is 34.1 Å². The summed E-state index contributed by atoms with van der Waals surface area (Å²) in [5.41, 5.74) is 1.75. The van der Waals surface area contributed by atoms with Crippen LogP contribution in [0.1, 0.15) is 51.9 Å². The largest absolute Gasteiger partial charge is 0.299 e. The molecule has 0 heterocycles. The third-order valence-electron chi connectivity index (χ3n) is 4.26. The van der Waals surface area contributed by atoms with E-state index in [9.17, 15) is 9.59 Å². The first-order chi connectivity index (χ1) is 8.09. The van der Waals surface area contributed by atoms with Crippen LogP contribution in [0, 0.1) is 5.41 Å². The molecule has 0 N–H and O–H groups in total. The fourth-order valence-electron chi connectivity index (χ4n) is 3.14. The van der Waals surface area contributed by atoms with Crippen LogP contribution in [0.15, 0.2) is 23.8 Å². The van der Waals surface area contributed by atoms with Gasteiger partial charge < -0.3 is 0 Å². The Hall–Kier alpha value is -1.18. The average Bonchev–Trinajstić information content (AvgIpc) is 2.31. The Kier molecular flexibility index (Phi) is 3.32. The van der Waals surface area contributed by atoms with E-state index in [1.165, 1.54) is 0 Å². The summed E-state index contributed by atoms with van der Waals surface area (Å²) in [6.07, 6.45) is 7.22. The van der Waals surface area contributed by atoms with Gasteiger partial charge in [-0.05, 0) is 44.6 Å². The zero-order chi connectivity index (χ0) is 12.5. The molecule has 2 aliphatic carbocycles. The average molecular weight is 232 g/mol. The van der Waals surface area contributed by atoms with Gasteiger partial charge in [0.05, 0.1) is 0 Å². The van der Waals surface area contributed by atoms with Crippen LogP contribution in [0.2, 0.25) is 0 Å². The highest BCUT2D eigenvalue weighted by Crippen LogP contribution is 2.47. The number of ketones is 2. The molecule has 0 saturated heterocycles. The summed E-state index contributed by atoms with van der Waals surface area (Å²) in [7, 11) is 0. The van der Waals surface area contributed by atoms with E-state index in [1.54, 1.807) is 0 Å².